The smallest absolute Gasteiger partial charge is 0.306 e. The average Bonchev–Trinajstić information content (AvgIpc) is 3.30. The van der Waals surface area contributed by atoms with Gasteiger partial charge in [0.05, 0.1) is 26.4 Å². The first kappa shape index (κ1) is 59.6. The van der Waals surface area contributed by atoms with Gasteiger partial charge >= 0.3 is 5.97 Å². The van der Waals surface area contributed by atoms with E-state index in [4.69, 9.17) is 28.4 Å². The molecule has 0 aromatic rings. The number of hydrogen-bond acceptors (Lipinski definition) is 14. The van der Waals surface area contributed by atoms with Crippen LogP contribution in [0.3, 0.4) is 0 Å². The van der Waals surface area contributed by atoms with Crippen LogP contribution in [-0.2, 0) is 33.2 Å². The van der Waals surface area contributed by atoms with Gasteiger partial charge in [-0.2, -0.15) is 0 Å². The highest BCUT2D eigenvalue weighted by atomic mass is 16.7. The largest absolute Gasteiger partial charge is 0.457 e. The van der Waals surface area contributed by atoms with Gasteiger partial charge in [0.2, 0.25) is 0 Å². The van der Waals surface area contributed by atoms with Gasteiger partial charge in [0, 0.05) is 13.0 Å². The van der Waals surface area contributed by atoms with Crippen molar-refractivity contribution in [3.8, 4) is 0 Å². The van der Waals surface area contributed by atoms with Gasteiger partial charge in [0.15, 0.2) is 12.6 Å². The molecule has 0 aliphatic carbocycles. The Bertz CT molecular complexity index is 1170. The van der Waals surface area contributed by atoms with Crippen LogP contribution in [0.4, 0.5) is 0 Å². The SMILES string of the molecule is CCCCC/C=C\CCCCCCCCOCC(COC1OC(COC2OC(CO)C(O)C(O)C2O)C(O)C(O)C1O)OC(=O)CCCCCCCCC/C=C\CCCCCCCCC. The molecule has 2 heterocycles. The summed E-state index contributed by atoms with van der Waals surface area (Å²) in [5.41, 5.74) is 0. The summed E-state index contributed by atoms with van der Waals surface area (Å²) in [5, 5.41) is 72.1. The second-order valence-electron chi connectivity index (χ2n) is 18.3. The van der Waals surface area contributed by atoms with Crippen molar-refractivity contribution >= 4 is 5.97 Å². The van der Waals surface area contributed by atoms with E-state index in [9.17, 15) is 40.5 Å². The van der Waals surface area contributed by atoms with Crippen LogP contribution in [0, 0.1) is 0 Å². The number of allylic oxidation sites excluding steroid dienone is 4. The predicted octanol–water partition coefficient (Wildman–Crippen LogP) is 7.63. The summed E-state index contributed by atoms with van der Waals surface area (Å²) in [4.78, 5) is 13.0. The molecule has 14 nitrogen and oxygen atoms in total. The summed E-state index contributed by atoms with van der Waals surface area (Å²) in [5.74, 6) is -0.382. The minimum Gasteiger partial charge on any atom is -0.457 e. The first-order valence-electron chi connectivity index (χ1n) is 25.9. The number of aliphatic hydroxyl groups is 7. The van der Waals surface area contributed by atoms with E-state index in [0.29, 0.717) is 13.0 Å². The van der Waals surface area contributed by atoms with Crippen LogP contribution in [0.1, 0.15) is 194 Å². The van der Waals surface area contributed by atoms with Gasteiger partial charge in [-0.25, -0.2) is 0 Å². The highest BCUT2D eigenvalue weighted by Crippen LogP contribution is 2.26. The lowest BCUT2D eigenvalue weighted by molar-refractivity contribution is -0.332. The van der Waals surface area contributed by atoms with Crippen molar-refractivity contribution in [2.24, 2.45) is 0 Å². The maximum atomic E-state index is 13.0. The normalized spacial score (nSPS) is 26.7. The molecule has 0 aromatic heterocycles. The molecule has 0 radical (unpaired) electrons. The molecule has 2 saturated heterocycles. The minimum absolute atomic E-state index is 0.0578. The van der Waals surface area contributed by atoms with E-state index in [1.807, 2.05) is 0 Å². The van der Waals surface area contributed by atoms with Crippen molar-refractivity contribution in [3.05, 3.63) is 24.3 Å². The zero-order valence-electron chi connectivity index (χ0n) is 40.5. The Hall–Kier alpha value is -1.53. The monoisotopic (exact) mass is 931 g/mol. The molecule has 11 unspecified atom stereocenters. The van der Waals surface area contributed by atoms with Gasteiger partial charge in [0.1, 0.15) is 54.9 Å². The van der Waals surface area contributed by atoms with E-state index in [-0.39, 0.29) is 25.6 Å². The second-order valence-corrected chi connectivity index (χ2v) is 18.3. The Balaban J connectivity index is 1.76. The van der Waals surface area contributed by atoms with Gasteiger partial charge in [-0.1, -0.05) is 147 Å². The van der Waals surface area contributed by atoms with Crippen molar-refractivity contribution in [1.82, 2.24) is 0 Å². The van der Waals surface area contributed by atoms with Gasteiger partial charge in [-0.15, -0.1) is 0 Å². The molecule has 0 spiro atoms. The van der Waals surface area contributed by atoms with E-state index >= 15 is 0 Å². The molecule has 14 heteroatoms. The summed E-state index contributed by atoms with van der Waals surface area (Å²) in [6.07, 6.45) is 25.2. The first-order valence-corrected chi connectivity index (χ1v) is 25.9. The molecule has 0 amide bonds. The number of hydrogen-bond donors (Lipinski definition) is 7. The molecule has 7 N–H and O–H groups in total. The van der Waals surface area contributed by atoms with Gasteiger partial charge in [0.25, 0.3) is 0 Å². The summed E-state index contributed by atoms with van der Waals surface area (Å²) < 4.78 is 34.3. The number of esters is 1. The quantitative estimate of drug-likeness (QED) is 0.0179. The topological polar surface area (TPSA) is 214 Å². The van der Waals surface area contributed by atoms with Crippen molar-refractivity contribution in [2.75, 3.05) is 33.0 Å². The maximum Gasteiger partial charge on any atom is 0.306 e. The van der Waals surface area contributed by atoms with Crippen molar-refractivity contribution in [3.63, 3.8) is 0 Å². The van der Waals surface area contributed by atoms with Crippen LogP contribution >= 0.6 is 0 Å². The molecule has 0 bridgehead atoms. The number of unbranched alkanes of at least 4 members (excludes halogenated alkanes) is 23. The molecular weight excluding hydrogens is 837 g/mol. The van der Waals surface area contributed by atoms with Crippen molar-refractivity contribution < 1.29 is 69.0 Å². The lowest BCUT2D eigenvalue weighted by Gasteiger charge is -2.42. The molecule has 2 aliphatic heterocycles. The average molecular weight is 931 g/mol. The fourth-order valence-corrected chi connectivity index (χ4v) is 8.16. The van der Waals surface area contributed by atoms with Crippen molar-refractivity contribution in [2.45, 2.75) is 261 Å². The third-order valence-corrected chi connectivity index (χ3v) is 12.4. The Morgan fingerprint density at radius 2 is 0.908 bits per heavy atom. The lowest BCUT2D eigenvalue weighted by Crippen LogP contribution is -2.61. The molecule has 2 rings (SSSR count). The highest BCUT2D eigenvalue weighted by Gasteiger charge is 2.47. The molecule has 382 valence electrons. The molecule has 0 aromatic carbocycles. The predicted molar refractivity (Wildman–Crippen MR) is 252 cm³/mol. The van der Waals surface area contributed by atoms with Crippen LogP contribution in [0.25, 0.3) is 0 Å². The Morgan fingerprint density at radius 1 is 0.492 bits per heavy atom. The number of carbonyl (C=O) groups is 1. The third-order valence-electron chi connectivity index (χ3n) is 12.4. The summed E-state index contributed by atoms with van der Waals surface area (Å²) in [7, 11) is 0. The van der Waals surface area contributed by atoms with Crippen LogP contribution in [-0.4, -0.2) is 142 Å². The van der Waals surface area contributed by atoms with Crippen molar-refractivity contribution in [1.29, 1.82) is 0 Å². The van der Waals surface area contributed by atoms with Crippen LogP contribution in [0.2, 0.25) is 0 Å². The summed E-state index contributed by atoms with van der Waals surface area (Å²) in [6, 6.07) is 0. The molecule has 2 aliphatic rings. The fraction of sp³-hybridized carbons (Fsp3) is 0.902. The Labute approximate surface area is 392 Å². The summed E-state index contributed by atoms with van der Waals surface area (Å²) in [6.45, 7) is 3.66. The Kier molecular flexibility index (Phi) is 36.1. The van der Waals surface area contributed by atoms with Crippen LogP contribution in [0.15, 0.2) is 24.3 Å². The number of aliphatic hydroxyl groups excluding tert-OH is 7. The molecule has 11 atom stereocenters. The van der Waals surface area contributed by atoms with E-state index in [2.05, 4.69) is 38.2 Å². The fourth-order valence-electron chi connectivity index (χ4n) is 8.16. The molecule has 65 heavy (non-hydrogen) atoms. The second kappa shape index (κ2) is 39.3. The maximum absolute atomic E-state index is 13.0. The molecular formula is C51H94O14. The van der Waals surface area contributed by atoms with Crippen LogP contribution < -0.4 is 0 Å². The van der Waals surface area contributed by atoms with E-state index in [1.54, 1.807) is 0 Å². The first-order chi connectivity index (χ1) is 31.6. The third kappa shape index (κ3) is 27.3. The number of carbonyl (C=O) groups excluding carboxylic acids is 1. The highest BCUT2D eigenvalue weighted by molar-refractivity contribution is 5.69. The summed E-state index contributed by atoms with van der Waals surface area (Å²) >= 11 is 0. The van der Waals surface area contributed by atoms with E-state index in [1.165, 1.54) is 116 Å². The van der Waals surface area contributed by atoms with Crippen LogP contribution in [0.5, 0.6) is 0 Å². The zero-order chi connectivity index (χ0) is 47.3. The lowest BCUT2D eigenvalue weighted by atomic mass is 9.98. The number of ether oxygens (including phenoxy) is 6. The zero-order valence-corrected chi connectivity index (χ0v) is 40.5. The number of rotatable bonds is 41. The Morgan fingerprint density at radius 3 is 1.43 bits per heavy atom. The molecule has 0 saturated carbocycles. The molecule has 2 fully saturated rings. The minimum atomic E-state index is -1.71. The van der Waals surface area contributed by atoms with Gasteiger partial charge in [-0.05, 0) is 64.2 Å². The van der Waals surface area contributed by atoms with Gasteiger partial charge in [-0.3, -0.25) is 4.79 Å². The van der Waals surface area contributed by atoms with E-state index in [0.717, 1.165) is 51.4 Å². The van der Waals surface area contributed by atoms with Gasteiger partial charge < -0.3 is 64.2 Å². The van der Waals surface area contributed by atoms with E-state index < -0.39 is 80.7 Å². The standard InChI is InChI=1S/C51H94O14/c1-3-5-7-9-11-13-15-17-18-19-20-21-22-24-26-28-30-32-34-43(53)63-40(37-60-35-33-31-29-27-25-23-16-14-12-10-8-6-4-2)38-61-50-49(59)47(57)45(55)42(65-50)39-62-51-48(58)46(56)44(54)41(36-52)64-51/h12,14,18-19,40-42,44-52,54-59H,3-11,13,15-17,20-39H2,1-2H3/b14-12-,19-18-.